The second-order valence-corrected chi connectivity index (χ2v) is 10.4. The summed E-state index contributed by atoms with van der Waals surface area (Å²) in [5.74, 6) is 0.0616. The Morgan fingerprint density at radius 2 is 2.09 bits per heavy atom. The first kappa shape index (κ1) is 22.8. The number of carbonyl (C=O) groups is 1. The summed E-state index contributed by atoms with van der Waals surface area (Å²) in [5, 5.41) is 21.4. The van der Waals surface area contributed by atoms with Gasteiger partial charge in [0.1, 0.15) is 5.75 Å². The topological polar surface area (TPSA) is 85.0 Å². The Kier molecular flexibility index (Phi) is 6.49. The molecule has 0 radical (unpaired) electrons. The van der Waals surface area contributed by atoms with Gasteiger partial charge in [0, 0.05) is 27.8 Å². The summed E-state index contributed by atoms with van der Waals surface area (Å²) >= 11 is 9.42. The maximum absolute atomic E-state index is 13.3. The highest BCUT2D eigenvalue weighted by Crippen LogP contribution is 2.45. The maximum atomic E-state index is 13.3. The van der Waals surface area contributed by atoms with Crippen molar-refractivity contribution in [3.05, 3.63) is 83.7 Å². The fraction of sp³-hybridized carbons (Fsp3) is 0.250. The minimum Gasteiger partial charge on any atom is -0.482 e. The Morgan fingerprint density at radius 3 is 2.79 bits per heavy atom. The molecule has 1 aliphatic carbocycles. The summed E-state index contributed by atoms with van der Waals surface area (Å²) in [4.78, 5) is 26.0. The summed E-state index contributed by atoms with van der Waals surface area (Å²) in [6, 6.07) is 11.9. The number of benzene rings is 1. The highest BCUT2D eigenvalue weighted by atomic mass is 35.5. The van der Waals surface area contributed by atoms with Crippen LogP contribution in [-0.2, 0) is 4.79 Å². The van der Waals surface area contributed by atoms with Gasteiger partial charge >= 0.3 is 0 Å². The van der Waals surface area contributed by atoms with Crippen molar-refractivity contribution in [1.29, 1.82) is 0 Å². The van der Waals surface area contributed by atoms with Crippen LogP contribution in [0.1, 0.15) is 35.1 Å². The molecule has 1 fully saturated rings. The standard InChI is InChI=1S/C24H20ClN3O4S2/c25-19-13-16(28(30)31)8-9-20(19)32-14-22(29)27-24(21-7-3-11-34-21)18-6-1-4-15(23(18)26-27)12-17-5-2-10-33-17/h2-3,5,7-13,18,24H,1,4,6,14H2/b15-12-. The number of non-ortho nitro benzene ring substituents is 1. The Hall–Kier alpha value is -3.01. The summed E-state index contributed by atoms with van der Waals surface area (Å²) in [5.41, 5.74) is 2.01. The predicted molar refractivity (Wildman–Crippen MR) is 135 cm³/mol. The number of thiophene rings is 2. The third kappa shape index (κ3) is 4.51. The minimum absolute atomic E-state index is 0.0828. The highest BCUT2D eigenvalue weighted by molar-refractivity contribution is 7.11. The summed E-state index contributed by atoms with van der Waals surface area (Å²) < 4.78 is 5.65. The van der Waals surface area contributed by atoms with Crippen LogP contribution in [0.25, 0.3) is 6.08 Å². The maximum Gasteiger partial charge on any atom is 0.281 e. The zero-order valence-electron chi connectivity index (χ0n) is 17.9. The molecule has 7 nitrogen and oxygen atoms in total. The van der Waals surface area contributed by atoms with E-state index < -0.39 is 4.92 Å². The van der Waals surface area contributed by atoms with Crippen LogP contribution in [0.2, 0.25) is 5.02 Å². The van der Waals surface area contributed by atoms with E-state index >= 15 is 0 Å². The van der Waals surface area contributed by atoms with E-state index in [2.05, 4.69) is 12.1 Å². The molecular formula is C24H20ClN3O4S2. The van der Waals surface area contributed by atoms with Gasteiger partial charge in [-0.25, -0.2) is 5.01 Å². The SMILES string of the molecule is O=C(COc1ccc([N+](=O)[O-])cc1Cl)N1N=C2/C(=C\c3cccs3)CCCC2C1c1cccs1. The number of halogens is 1. The monoisotopic (exact) mass is 513 g/mol. The Balaban J connectivity index is 1.41. The molecule has 3 heterocycles. The van der Waals surface area contributed by atoms with Crippen LogP contribution < -0.4 is 4.74 Å². The van der Waals surface area contributed by atoms with Crippen molar-refractivity contribution in [3.63, 3.8) is 0 Å². The van der Waals surface area contributed by atoms with E-state index in [1.165, 1.54) is 28.6 Å². The van der Waals surface area contributed by atoms with Gasteiger partial charge in [-0.2, -0.15) is 5.10 Å². The number of rotatable bonds is 6. The normalized spacial score (nSPS) is 20.8. The van der Waals surface area contributed by atoms with Gasteiger partial charge in [-0.05, 0) is 59.9 Å². The molecule has 0 saturated heterocycles. The molecule has 0 N–H and O–H groups in total. The summed E-state index contributed by atoms with van der Waals surface area (Å²) in [6.45, 7) is -0.271. The van der Waals surface area contributed by atoms with E-state index in [1.54, 1.807) is 27.7 Å². The average molecular weight is 514 g/mol. The van der Waals surface area contributed by atoms with Crippen molar-refractivity contribution in [1.82, 2.24) is 5.01 Å². The van der Waals surface area contributed by atoms with Crippen LogP contribution in [0, 0.1) is 16.0 Å². The molecule has 10 heteroatoms. The van der Waals surface area contributed by atoms with Crippen LogP contribution >= 0.6 is 34.3 Å². The number of carbonyl (C=O) groups excluding carboxylic acids is 1. The number of nitro groups is 1. The number of allylic oxidation sites excluding steroid dienone is 1. The van der Waals surface area contributed by atoms with Crippen LogP contribution in [0.15, 0.2) is 63.9 Å². The lowest BCUT2D eigenvalue weighted by molar-refractivity contribution is -0.384. The number of ether oxygens (including phenoxy) is 1. The second-order valence-electron chi connectivity index (χ2n) is 8.03. The Bertz CT molecular complexity index is 1270. The fourth-order valence-corrected chi connectivity index (χ4v) is 6.20. The van der Waals surface area contributed by atoms with E-state index in [-0.39, 0.29) is 40.9 Å². The smallest absolute Gasteiger partial charge is 0.281 e. The first-order valence-corrected chi connectivity index (χ1v) is 12.9. The molecule has 2 unspecified atom stereocenters. The molecule has 1 saturated carbocycles. The molecule has 2 atom stereocenters. The number of hydrogen-bond acceptors (Lipinski definition) is 7. The van der Waals surface area contributed by atoms with Crippen LogP contribution in [0.4, 0.5) is 5.69 Å². The lowest BCUT2D eigenvalue weighted by atomic mass is 9.79. The molecule has 2 aliphatic rings. The van der Waals surface area contributed by atoms with Gasteiger partial charge in [-0.15, -0.1) is 22.7 Å². The van der Waals surface area contributed by atoms with Crippen molar-refractivity contribution in [2.45, 2.75) is 25.3 Å². The zero-order chi connectivity index (χ0) is 23.7. The van der Waals surface area contributed by atoms with Gasteiger partial charge in [0.2, 0.25) is 0 Å². The molecule has 1 aliphatic heterocycles. The zero-order valence-corrected chi connectivity index (χ0v) is 20.3. The second kappa shape index (κ2) is 9.69. The van der Waals surface area contributed by atoms with Gasteiger partial charge in [0.15, 0.2) is 6.61 Å². The molecule has 1 amide bonds. The van der Waals surface area contributed by atoms with Crippen LogP contribution in [0.5, 0.6) is 5.75 Å². The van der Waals surface area contributed by atoms with Gasteiger partial charge in [-0.1, -0.05) is 23.7 Å². The van der Waals surface area contributed by atoms with Crippen molar-refractivity contribution in [2.75, 3.05) is 6.61 Å². The number of amides is 1. The third-order valence-electron chi connectivity index (χ3n) is 5.93. The fourth-order valence-electron chi connectivity index (χ4n) is 4.42. The molecule has 5 rings (SSSR count). The number of hydrazone groups is 1. The summed E-state index contributed by atoms with van der Waals surface area (Å²) in [7, 11) is 0. The van der Waals surface area contributed by atoms with E-state index in [0.717, 1.165) is 29.9 Å². The van der Waals surface area contributed by atoms with Gasteiger partial charge in [0.25, 0.3) is 11.6 Å². The van der Waals surface area contributed by atoms with Crippen molar-refractivity contribution in [2.24, 2.45) is 11.0 Å². The lowest BCUT2D eigenvalue weighted by Gasteiger charge is -2.28. The minimum atomic E-state index is -0.532. The van der Waals surface area contributed by atoms with E-state index in [1.807, 2.05) is 29.0 Å². The van der Waals surface area contributed by atoms with Crippen molar-refractivity contribution >= 4 is 57.7 Å². The van der Waals surface area contributed by atoms with Crippen molar-refractivity contribution in [3.8, 4) is 5.75 Å². The molecule has 2 aromatic heterocycles. The number of nitro benzene ring substituents is 1. The molecule has 0 bridgehead atoms. The molecule has 3 aromatic rings. The lowest BCUT2D eigenvalue weighted by Crippen LogP contribution is -2.34. The number of nitrogens with zero attached hydrogens (tertiary/aromatic N) is 3. The first-order chi connectivity index (χ1) is 16.5. The average Bonchev–Trinajstić information content (AvgIpc) is 3.58. The largest absolute Gasteiger partial charge is 0.482 e. The van der Waals surface area contributed by atoms with E-state index in [0.29, 0.717) is 0 Å². The number of fused-ring (bicyclic) bond motifs is 1. The first-order valence-electron chi connectivity index (χ1n) is 10.8. The molecule has 0 spiro atoms. The summed E-state index contributed by atoms with van der Waals surface area (Å²) in [6.07, 6.45) is 5.12. The molecular weight excluding hydrogens is 494 g/mol. The van der Waals surface area contributed by atoms with E-state index in [4.69, 9.17) is 21.4 Å². The number of hydrogen-bond donors (Lipinski definition) is 0. The molecule has 174 valence electrons. The Morgan fingerprint density at radius 1 is 1.26 bits per heavy atom. The Labute approximate surface area is 209 Å². The van der Waals surface area contributed by atoms with Gasteiger partial charge in [-0.3, -0.25) is 14.9 Å². The van der Waals surface area contributed by atoms with E-state index in [9.17, 15) is 14.9 Å². The quantitative estimate of drug-likeness (QED) is 0.275. The van der Waals surface area contributed by atoms with Gasteiger partial charge < -0.3 is 4.74 Å². The molecule has 1 aromatic carbocycles. The molecule has 34 heavy (non-hydrogen) atoms. The van der Waals surface area contributed by atoms with Gasteiger partial charge in [0.05, 0.1) is 21.7 Å². The van der Waals surface area contributed by atoms with Crippen LogP contribution in [-0.4, -0.2) is 28.2 Å². The predicted octanol–water partition coefficient (Wildman–Crippen LogP) is 6.57. The van der Waals surface area contributed by atoms with Crippen LogP contribution in [0.3, 0.4) is 0 Å². The third-order valence-corrected chi connectivity index (χ3v) is 7.99. The highest BCUT2D eigenvalue weighted by Gasteiger charge is 2.44. The van der Waals surface area contributed by atoms with Crippen molar-refractivity contribution < 1.29 is 14.5 Å².